The molecule has 0 aliphatic heterocycles. The van der Waals surface area contributed by atoms with Gasteiger partial charge in [-0.05, 0) is 6.92 Å². The van der Waals surface area contributed by atoms with Gasteiger partial charge in [0.15, 0.2) is 0 Å². The number of aromatic nitrogens is 2. The summed E-state index contributed by atoms with van der Waals surface area (Å²) in [6.45, 7) is 2.59. The minimum Gasteiger partial charge on any atom is -0.369 e. The highest BCUT2D eigenvalue weighted by molar-refractivity contribution is 6.29. The van der Waals surface area contributed by atoms with Crippen LogP contribution in [-0.2, 0) is 0 Å². The number of rotatable bonds is 3. The van der Waals surface area contributed by atoms with Gasteiger partial charge in [0.2, 0.25) is 0 Å². The number of hydrogen-bond acceptors (Lipinski definition) is 3. The standard InChI is InChI=1S/C9H10ClN3/c1-2-3-4-5-11-9-6-8(10)12-7-13-9/h6-7H,4-5H2,1H3,(H,11,12,13). The lowest BCUT2D eigenvalue weighted by Gasteiger charge is -2.01. The van der Waals surface area contributed by atoms with Crippen molar-refractivity contribution in [3.8, 4) is 11.8 Å². The monoisotopic (exact) mass is 195 g/mol. The molecule has 0 amide bonds. The Bertz CT molecular complexity index is 327. The van der Waals surface area contributed by atoms with Crippen LogP contribution < -0.4 is 5.32 Å². The van der Waals surface area contributed by atoms with Gasteiger partial charge < -0.3 is 5.32 Å². The Labute approximate surface area is 82.5 Å². The Kier molecular flexibility index (Phi) is 4.07. The third-order valence-corrected chi connectivity index (χ3v) is 1.57. The normalized spacial score (nSPS) is 8.77. The maximum absolute atomic E-state index is 5.67. The van der Waals surface area contributed by atoms with Gasteiger partial charge in [0.05, 0.1) is 0 Å². The van der Waals surface area contributed by atoms with Crippen LogP contribution in [-0.4, -0.2) is 16.5 Å². The first-order valence-corrected chi connectivity index (χ1v) is 4.32. The zero-order chi connectivity index (χ0) is 9.52. The smallest absolute Gasteiger partial charge is 0.134 e. The van der Waals surface area contributed by atoms with Crippen molar-refractivity contribution >= 4 is 17.4 Å². The Morgan fingerprint density at radius 3 is 3.08 bits per heavy atom. The second-order valence-corrected chi connectivity index (χ2v) is 2.72. The van der Waals surface area contributed by atoms with E-state index in [0.717, 1.165) is 18.8 Å². The van der Waals surface area contributed by atoms with Crippen LogP contribution in [0.5, 0.6) is 0 Å². The van der Waals surface area contributed by atoms with E-state index in [9.17, 15) is 0 Å². The summed E-state index contributed by atoms with van der Waals surface area (Å²) in [7, 11) is 0. The average molecular weight is 196 g/mol. The van der Waals surface area contributed by atoms with Crippen molar-refractivity contribution in [3.63, 3.8) is 0 Å². The maximum atomic E-state index is 5.67. The molecule has 68 valence electrons. The Hall–Kier alpha value is -1.27. The highest BCUT2D eigenvalue weighted by atomic mass is 35.5. The van der Waals surface area contributed by atoms with Crippen molar-refractivity contribution in [2.24, 2.45) is 0 Å². The molecular weight excluding hydrogens is 186 g/mol. The summed E-state index contributed by atoms with van der Waals surface area (Å²) < 4.78 is 0. The molecule has 1 aromatic heterocycles. The minimum absolute atomic E-state index is 0.444. The molecule has 0 saturated heterocycles. The molecule has 0 radical (unpaired) electrons. The van der Waals surface area contributed by atoms with Crippen molar-refractivity contribution in [2.45, 2.75) is 13.3 Å². The van der Waals surface area contributed by atoms with E-state index >= 15 is 0 Å². The second kappa shape index (κ2) is 5.39. The van der Waals surface area contributed by atoms with E-state index in [4.69, 9.17) is 11.6 Å². The van der Waals surface area contributed by atoms with Gasteiger partial charge in [-0.25, -0.2) is 9.97 Å². The zero-order valence-electron chi connectivity index (χ0n) is 7.34. The topological polar surface area (TPSA) is 37.8 Å². The van der Waals surface area contributed by atoms with Gasteiger partial charge in [-0.2, -0.15) is 0 Å². The predicted molar refractivity (Wildman–Crippen MR) is 53.6 cm³/mol. The first kappa shape index (κ1) is 9.82. The fraction of sp³-hybridized carbons (Fsp3) is 0.333. The molecule has 0 atom stereocenters. The number of halogens is 1. The van der Waals surface area contributed by atoms with Crippen molar-refractivity contribution in [3.05, 3.63) is 17.5 Å². The fourth-order valence-electron chi connectivity index (χ4n) is 0.808. The lowest BCUT2D eigenvalue weighted by Crippen LogP contribution is -2.02. The average Bonchev–Trinajstić information content (AvgIpc) is 2.13. The maximum Gasteiger partial charge on any atom is 0.134 e. The summed E-state index contributed by atoms with van der Waals surface area (Å²) in [6.07, 6.45) is 2.23. The summed E-state index contributed by atoms with van der Waals surface area (Å²) >= 11 is 5.67. The molecule has 0 fully saturated rings. The SMILES string of the molecule is CC#CCCNc1cc(Cl)ncn1. The molecule has 4 heteroatoms. The molecule has 0 spiro atoms. The quantitative estimate of drug-likeness (QED) is 0.455. The Morgan fingerprint density at radius 1 is 1.54 bits per heavy atom. The molecule has 1 heterocycles. The van der Waals surface area contributed by atoms with Gasteiger partial charge in [-0.1, -0.05) is 11.6 Å². The van der Waals surface area contributed by atoms with Crippen LogP contribution >= 0.6 is 11.6 Å². The molecule has 0 unspecified atom stereocenters. The summed E-state index contributed by atoms with van der Waals surface area (Å²) in [4.78, 5) is 7.75. The molecule has 3 nitrogen and oxygen atoms in total. The highest BCUT2D eigenvalue weighted by Crippen LogP contribution is 2.07. The summed E-state index contributed by atoms with van der Waals surface area (Å²) in [5, 5.41) is 3.53. The van der Waals surface area contributed by atoms with Gasteiger partial charge in [-0.3, -0.25) is 0 Å². The van der Waals surface area contributed by atoms with Crippen LogP contribution in [0, 0.1) is 11.8 Å². The summed E-state index contributed by atoms with van der Waals surface area (Å²) in [5.41, 5.74) is 0. The van der Waals surface area contributed by atoms with Gasteiger partial charge in [0.1, 0.15) is 17.3 Å². The van der Waals surface area contributed by atoms with Crippen LogP contribution in [0.4, 0.5) is 5.82 Å². The van der Waals surface area contributed by atoms with Crippen molar-refractivity contribution in [1.82, 2.24) is 9.97 Å². The van der Waals surface area contributed by atoms with Gasteiger partial charge in [0, 0.05) is 19.0 Å². The van der Waals surface area contributed by atoms with E-state index in [1.54, 1.807) is 6.07 Å². The highest BCUT2D eigenvalue weighted by Gasteiger charge is 1.93. The molecule has 0 bridgehead atoms. The second-order valence-electron chi connectivity index (χ2n) is 2.33. The Morgan fingerprint density at radius 2 is 2.38 bits per heavy atom. The third-order valence-electron chi connectivity index (χ3n) is 1.37. The van der Waals surface area contributed by atoms with Crippen LogP contribution in [0.3, 0.4) is 0 Å². The number of nitrogens with zero attached hydrogens (tertiary/aromatic N) is 2. The molecule has 0 saturated carbocycles. The van der Waals surface area contributed by atoms with E-state index in [0.29, 0.717) is 5.15 Å². The molecule has 1 aromatic rings. The largest absolute Gasteiger partial charge is 0.369 e. The van der Waals surface area contributed by atoms with Crippen LogP contribution in [0.15, 0.2) is 12.4 Å². The van der Waals surface area contributed by atoms with Gasteiger partial charge in [-0.15, -0.1) is 11.8 Å². The fourth-order valence-corrected chi connectivity index (χ4v) is 0.955. The molecule has 13 heavy (non-hydrogen) atoms. The van der Waals surface area contributed by atoms with Crippen molar-refractivity contribution in [1.29, 1.82) is 0 Å². The van der Waals surface area contributed by atoms with E-state index in [1.807, 2.05) is 6.92 Å². The molecule has 0 aliphatic rings. The zero-order valence-corrected chi connectivity index (χ0v) is 8.10. The Balaban J connectivity index is 2.39. The summed E-state index contributed by atoms with van der Waals surface area (Å²) in [5.74, 6) is 6.49. The minimum atomic E-state index is 0.444. The predicted octanol–water partition coefficient (Wildman–Crippen LogP) is 1.96. The molecular formula is C9H10ClN3. The first-order chi connectivity index (χ1) is 6.33. The lowest BCUT2D eigenvalue weighted by molar-refractivity contribution is 1.05. The van der Waals surface area contributed by atoms with Gasteiger partial charge in [0.25, 0.3) is 0 Å². The van der Waals surface area contributed by atoms with Gasteiger partial charge >= 0.3 is 0 Å². The van der Waals surface area contributed by atoms with E-state index in [2.05, 4.69) is 27.1 Å². The number of nitrogens with one attached hydrogen (secondary N) is 1. The van der Waals surface area contributed by atoms with E-state index in [-0.39, 0.29) is 0 Å². The molecule has 0 aromatic carbocycles. The number of hydrogen-bond donors (Lipinski definition) is 1. The third kappa shape index (κ3) is 3.77. The van der Waals surface area contributed by atoms with Crippen LogP contribution in [0.1, 0.15) is 13.3 Å². The number of anilines is 1. The van der Waals surface area contributed by atoms with Crippen molar-refractivity contribution in [2.75, 3.05) is 11.9 Å². The van der Waals surface area contributed by atoms with Crippen LogP contribution in [0.2, 0.25) is 5.15 Å². The van der Waals surface area contributed by atoms with E-state index < -0.39 is 0 Å². The molecule has 1 N–H and O–H groups in total. The lowest BCUT2D eigenvalue weighted by atomic mass is 10.4. The van der Waals surface area contributed by atoms with E-state index in [1.165, 1.54) is 6.33 Å². The summed E-state index contributed by atoms with van der Waals surface area (Å²) in [6, 6.07) is 1.68. The molecule has 0 aliphatic carbocycles. The van der Waals surface area contributed by atoms with Crippen LogP contribution in [0.25, 0.3) is 0 Å². The molecule has 1 rings (SSSR count). The van der Waals surface area contributed by atoms with Crippen molar-refractivity contribution < 1.29 is 0 Å². The first-order valence-electron chi connectivity index (χ1n) is 3.94.